The zero-order valence-electron chi connectivity index (χ0n) is 16.2. The number of hydrogen-bond donors (Lipinski definition) is 2. The van der Waals surface area contributed by atoms with E-state index in [1.165, 1.54) is 18.6 Å². The summed E-state index contributed by atoms with van der Waals surface area (Å²) in [5.41, 5.74) is 6.66. The van der Waals surface area contributed by atoms with Crippen molar-refractivity contribution in [1.29, 1.82) is 5.26 Å². The summed E-state index contributed by atoms with van der Waals surface area (Å²) in [6.45, 7) is 1.74. The minimum absolute atomic E-state index is 0.00210. The molecule has 1 aliphatic heterocycles. The second-order valence-electron chi connectivity index (χ2n) is 6.65. The van der Waals surface area contributed by atoms with Crippen LogP contribution in [0.15, 0.2) is 59.5 Å². The van der Waals surface area contributed by atoms with E-state index in [1.54, 1.807) is 43.3 Å². The van der Waals surface area contributed by atoms with Gasteiger partial charge in [-0.15, -0.1) is 0 Å². The molecule has 0 radical (unpaired) electrons. The lowest BCUT2D eigenvalue weighted by atomic mass is 10.1. The van der Waals surface area contributed by atoms with Gasteiger partial charge >= 0.3 is 0 Å². The number of nitrogen functional groups attached to an aromatic ring is 1. The summed E-state index contributed by atoms with van der Waals surface area (Å²) in [7, 11) is -4.07. The molecule has 9 nitrogen and oxygen atoms in total. The van der Waals surface area contributed by atoms with Gasteiger partial charge in [-0.25, -0.2) is 27.7 Å². The normalized spacial score (nSPS) is 15.4. The van der Waals surface area contributed by atoms with E-state index in [4.69, 9.17) is 17.3 Å². The van der Waals surface area contributed by atoms with E-state index in [9.17, 15) is 13.7 Å². The SMILES string of the molecule is CC(Nc1ncnc(N)c1C#N)C1=Cc2cccc(Cl)c2S(=O)(=O)N1c1ccccn1. The Morgan fingerprint density at radius 2 is 2.00 bits per heavy atom. The first-order chi connectivity index (χ1) is 14.8. The molecule has 4 rings (SSSR count). The van der Waals surface area contributed by atoms with Crippen molar-refractivity contribution < 1.29 is 8.42 Å². The number of nitrogens with one attached hydrogen (secondary N) is 1. The summed E-state index contributed by atoms with van der Waals surface area (Å²) in [6.07, 6.45) is 4.44. The van der Waals surface area contributed by atoms with Crippen molar-refractivity contribution in [3.63, 3.8) is 0 Å². The minimum atomic E-state index is -4.07. The Morgan fingerprint density at radius 1 is 1.19 bits per heavy atom. The molecular formula is C20H16ClN7O2S. The van der Waals surface area contributed by atoms with Crippen LogP contribution in [0.25, 0.3) is 6.08 Å². The van der Waals surface area contributed by atoms with Gasteiger partial charge in [0.15, 0.2) is 0 Å². The van der Waals surface area contributed by atoms with Gasteiger partial charge in [0.25, 0.3) is 10.0 Å². The van der Waals surface area contributed by atoms with Crippen LogP contribution >= 0.6 is 11.6 Å². The Bertz CT molecular complexity index is 1340. The van der Waals surface area contributed by atoms with Gasteiger partial charge < -0.3 is 11.1 Å². The minimum Gasteiger partial charge on any atom is -0.382 e. The first-order valence-electron chi connectivity index (χ1n) is 9.08. The van der Waals surface area contributed by atoms with E-state index >= 15 is 0 Å². The van der Waals surface area contributed by atoms with Crippen molar-refractivity contribution >= 4 is 45.2 Å². The second-order valence-corrected chi connectivity index (χ2v) is 8.78. The molecule has 0 amide bonds. The van der Waals surface area contributed by atoms with Crippen LogP contribution in [-0.4, -0.2) is 29.4 Å². The molecule has 3 aromatic rings. The molecule has 3 heterocycles. The number of anilines is 3. The van der Waals surface area contributed by atoms with E-state index < -0.39 is 16.1 Å². The topological polar surface area (TPSA) is 138 Å². The van der Waals surface area contributed by atoms with Gasteiger partial charge in [0.1, 0.15) is 40.3 Å². The molecular weight excluding hydrogens is 438 g/mol. The average Bonchev–Trinajstić information content (AvgIpc) is 2.73. The molecule has 31 heavy (non-hydrogen) atoms. The number of nitriles is 1. The molecule has 2 aromatic heterocycles. The fourth-order valence-corrected chi connectivity index (χ4v) is 5.53. The van der Waals surface area contributed by atoms with Crippen LogP contribution in [0.4, 0.5) is 17.5 Å². The van der Waals surface area contributed by atoms with Crippen molar-refractivity contribution in [2.45, 2.75) is 17.9 Å². The van der Waals surface area contributed by atoms with Gasteiger partial charge in [-0.2, -0.15) is 5.26 Å². The van der Waals surface area contributed by atoms with E-state index in [0.29, 0.717) is 11.3 Å². The number of hydrogen-bond acceptors (Lipinski definition) is 8. The lowest BCUT2D eigenvalue weighted by molar-refractivity contribution is 0.591. The first-order valence-corrected chi connectivity index (χ1v) is 10.9. The molecule has 1 atom stereocenters. The molecule has 11 heteroatoms. The molecule has 0 aliphatic carbocycles. The highest BCUT2D eigenvalue weighted by molar-refractivity contribution is 7.93. The fraction of sp³-hybridized carbons (Fsp3) is 0.100. The lowest BCUT2D eigenvalue weighted by Crippen LogP contribution is -2.40. The van der Waals surface area contributed by atoms with Gasteiger partial charge in [0, 0.05) is 6.20 Å². The molecule has 3 N–H and O–H groups in total. The number of nitrogens with two attached hydrogens (primary N) is 1. The Labute approximate surface area is 183 Å². The number of pyridine rings is 1. The summed E-state index contributed by atoms with van der Waals surface area (Å²) in [4.78, 5) is 12.1. The van der Waals surface area contributed by atoms with Gasteiger partial charge in [-0.3, -0.25) is 0 Å². The predicted octanol–water partition coefficient (Wildman–Crippen LogP) is 3.03. The van der Waals surface area contributed by atoms with Crippen molar-refractivity contribution in [2.24, 2.45) is 0 Å². The molecule has 0 bridgehead atoms. The number of halogens is 1. The van der Waals surface area contributed by atoms with E-state index in [2.05, 4.69) is 20.3 Å². The van der Waals surface area contributed by atoms with E-state index in [0.717, 1.165) is 4.31 Å². The van der Waals surface area contributed by atoms with Crippen molar-refractivity contribution in [3.05, 3.63) is 70.8 Å². The number of aromatic nitrogens is 3. The third-order valence-electron chi connectivity index (χ3n) is 4.68. The zero-order chi connectivity index (χ0) is 22.2. The second kappa shape index (κ2) is 7.86. The number of nitrogens with zero attached hydrogens (tertiary/aromatic N) is 5. The largest absolute Gasteiger partial charge is 0.382 e. The van der Waals surface area contributed by atoms with Gasteiger partial charge in [-0.05, 0) is 36.8 Å². The highest BCUT2D eigenvalue weighted by atomic mass is 35.5. The van der Waals surface area contributed by atoms with Crippen LogP contribution in [-0.2, 0) is 10.0 Å². The predicted molar refractivity (Wildman–Crippen MR) is 118 cm³/mol. The third kappa shape index (κ3) is 3.54. The maximum absolute atomic E-state index is 13.6. The molecule has 0 saturated carbocycles. The number of sulfonamides is 1. The Kier molecular flexibility index (Phi) is 5.22. The molecule has 0 spiro atoms. The third-order valence-corrected chi connectivity index (χ3v) is 6.95. The van der Waals surface area contributed by atoms with Crippen LogP contribution < -0.4 is 15.4 Å². The smallest absolute Gasteiger partial charge is 0.271 e. The van der Waals surface area contributed by atoms with Crippen LogP contribution in [0.3, 0.4) is 0 Å². The van der Waals surface area contributed by atoms with Gasteiger partial charge in [-0.1, -0.05) is 29.8 Å². The summed E-state index contributed by atoms with van der Waals surface area (Å²) < 4.78 is 28.3. The summed E-state index contributed by atoms with van der Waals surface area (Å²) >= 11 is 6.26. The molecule has 1 unspecified atom stereocenters. The van der Waals surface area contributed by atoms with Gasteiger partial charge in [0.05, 0.1) is 16.8 Å². The molecule has 1 aromatic carbocycles. The highest BCUT2D eigenvalue weighted by Gasteiger charge is 2.38. The maximum atomic E-state index is 13.6. The molecule has 1 aliphatic rings. The monoisotopic (exact) mass is 453 g/mol. The van der Waals surface area contributed by atoms with Crippen molar-refractivity contribution in [3.8, 4) is 6.07 Å². The van der Waals surface area contributed by atoms with Crippen molar-refractivity contribution in [2.75, 3.05) is 15.4 Å². The quantitative estimate of drug-likeness (QED) is 0.614. The van der Waals surface area contributed by atoms with Crippen LogP contribution in [0.5, 0.6) is 0 Å². The Balaban J connectivity index is 1.88. The van der Waals surface area contributed by atoms with Gasteiger partial charge in [0.2, 0.25) is 0 Å². The number of benzene rings is 1. The average molecular weight is 454 g/mol. The molecule has 156 valence electrons. The summed E-state index contributed by atoms with van der Waals surface area (Å²) in [5, 5.41) is 12.6. The maximum Gasteiger partial charge on any atom is 0.271 e. The highest BCUT2D eigenvalue weighted by Crippen LogP contribution is 2.39. The van der Waals surface area contributed by atoms with Crippen molar-refractivity contribution in [1.82, 2.24) is 15.0 Å². The van der Waals surface area contributed by atoms with E-state index in [-0.39, 0.29) is 32.9 Å². The summed E-state index contributed by atoms with van der Waals surface area (Å²) in [5.74, 6) is 0.422. The fourth-order valence-electron chi connectivity index (χ4n) is 3.29. The van der Waals surface area contributed by atoms with E-state index in [1.807, 2.05) is 6.07 Å². The van der Waals surface area contributed by atoms with Crippen LogP contribution in [0.1, 0.15) is 18.1 Å². The standard InChI is InChI=1S/C20H16ClN7O2S/c1-12(27-20-14(10-22)19(23)25-11-26-20)16-9-13-5-4-6-15(21)18(13)31(29,30)28(16)17-7-2-3-8-24-17/h2-9,11-12H,1H3,(H3,23,25,26,27). The Hall–Kier alpha value is -3.68. The Morgan fingerprint density at radius 3 is 2.71 bits per heavy atom. The zero-order valence-corrected chi connectivity index (χ0v) is 17.8. The molecule has 0 fully saturated rings. The van der Waals surface area contributed by atoms with Crippen LogP contribution in [0, 0.1) is 11.3 Å². The van der Waals surface area contributed by atoms with Crippen LogP contribution in [0.2, 0.25) is 5.02 Å². The molecule has 0 saturated heterocycles. The number of fused-ring (bicyclic) bond motifs is 1. The summed E-state index contributed by atoms with van der Waals surface area (Å²) in [6, 6.07) is 11.2. The number of rotatable bonds is 4. The lowest BCUT2D eigenvalue weighted by Gasteiger charge is -2.34. The first kappa shape index (κ1) is 20.6.